The summed E-state index contributed by atoms with van der Waals surface area (Å²) in [6, 6.07) is 7.27. The lowest BCUT2D eigenvalue weighted by Crippen LogP contribution is -2.47. The van der Waals surface area contributed by atoms with Crippen LogP contribution in [0.25, 0.3) is 10.9 Å². The summed E-state index contributed by atoms with van der Waals surface area (Å²) in [6.45, 7) is 2.24. The minimum Gasteiger partial charge on any atom is -0.381 e. The lowest BCUT2D eigenvalue weighted by molar-refractivity contribution is -0.133. The molecule has 0 saturated heterocycles. The van der Waals surface area contributed by atoms with Gasteiger partial charge in [0.05, 0.1) is 19.1 Å². The van der Waals surface area contributed by atoms with E-state index >= 15 is 0 Å². The molecule has 27 heavy (non-hydrogen) atoms. The highest BCUT2D eigenvalue weighted by molar-refractivity contribution is 5.89. The molecule has 1 aromatic carbocycles. The second kappa shape index (κ2) is 9.50. The zero-order valence-corrected chi connectivity index (χ0v) is 15.2. The second-order valence-corrected chi connectivity index (χ2v) is 6.66. The Balaban J connectivity index is 1.81. The predicted octanol–water partition coefficient (Wildman–Crippen LogP) is 0.991. The molecule has 0 spiro atoms. The Hall–Kier alpha value is -2.42. The first-order valence-electron chi connectivity index (χ1n) is 9.29. The van der Waals surface area contributed by atoms with Gasteiger partial charge >= 0.3 is 0 Å². The molecular weight excluding hydrogens is 348 g/mol. The van der Waals surface area contributed by atoms with E-state index in [0.29, 0.717) is 26.3 Å². The smallest absolute Gasteiger partial charge is 0.245 e. The molecule has 0 fully saturated rings. The summed E-state index contributed by atoms with van der Waals surface area (Å²) in [5.74, 6) is -0.858. The van der Waals surface area contributed by atoms with Crippen LogP contribution in [0, 0.1) is 0 Å². The van der Waals surface area contributed by atoms with E-state index in [1.165, 1.54) is 0 Å². The molecule has 1 aromatic heterocycles. The number of benzene rings is 1. The molecule has 1 aliphatic rings. The fraction of sp³-hybridized carbons (Fsp3) is 0.474. The van der Waals surface area contributed by atoms with Crippen LogP contribution in [-0.4, -0.2) is 47.8 Å². The first-order valence-corrected chi connectivity index (χ1v) is 9.29. The van der Waals surface area contributed by atoms with Gasteiger partial charge in [0, 0.05) is 36.2 Å². The molecule has 8 nitrogen and oxygen atoms in total. The van der Waals surface area contributed by atoms with Crippen LogP contribution in [0.2, 0.25) is 0 Å². The maximum Gasteiger partial charge on any atom is 0.245 e. The van der Waals surface area contributed by atoms with E-state index in [1.807, 2.05) is 24.3 Å². The number of para-hydroxylation sites is 1. The number of nitrogens with one attached hydrogen (secondary N) is 4. The molecule has 146 valence electrons. The Kier molecular flexibility index (Phi) is 6.80. The standard InChI is InChI=1S/C19H26N4O4/c24-18(23-26)11-17-19(25)21-12-14-13-5-1-2-6-15(13)22-16(14)7-10-27-9-4-3-8-20-17/h1-2,5-6,17,20,22,26H,3-4,7-12H2,(H,21,25)(H,23,24). The van der Waals surface area contributed by atoms with Crippen LogP contribution < -0.4 is 16.1 Å². The number of fused-ring (bicyclic) bond motifs is 3. The number of aromatic amines is 1. The van der Waals surface area contributed by atoms with Gasteiger partial charge in [-0.25, -0.2) is 5.48 Å². The number of carbonyl (C=O) groups is 2. The normalized spacial score (nSPS) is 19.7. The summed E-state index contributed by atoms with van der Waals surface area (Å²) in [5, 5.41) is 15.9. The fourth-order valence-corrected chi connectivity index (χ4v) is 3.34. The van der Waals surface area contributed by atoms with Crippen molar-refractivity contribution in [3.8, 4) is 0 Å². The minimum absolute atomic E-state index is 0.125. The molecule has 1 unspecified atom stereocenters. The Morgan fingerprint density at radius 3 is 2.96 bits per heavy atom. The number of ether oxygens (including phenoxy) is 1. The van der Waals surface area contributed by atoms with Gasteiger partial charge in [-0.15, -0.1) is 0 Å². The summed E-state index contributed by atoms with van der Waals surface area (Å²) in [4.78, 5) is 27.6. The van der Waals surface area contributed by atoms with Crippen molar-refractivity contribution in [2.45, 2.75) is 38.3 Å². The monoisotopic (exact) mass is 374 g/mol. The van der Waals surface area contributed by atoms with Gasteiger partial charge in [0.25, 0.3) is 0 Å². The predicted molar refractivity (Wildman–Crippen MR) is 100 cm³/mol. The zero-order valence-electron chi connectivity index (χ0n) is 15.2. The van der Waals surface area contributed by atoms with E-state index in [0.717, 1.165) is 41.4 Å². The van der Waals surface area contributed by atoms with E-state index in [4.69, 9.17) is 9.94 Å². The van der Waals surface area contributed by atoms with Crippen molar-refractivity contribution >= 4 is 22.7 Å². The van der Waals surface area contributed by atoms with Crippen molar-refractivity contribution in [1.82, 2.24) is 21.1 Å². The molecule has 0 saturated carbocycles. The van der Waals surface area contributed by atoms with E-state index < -0.39 is 11.9 Å². The highest BCUT2D eigenvalue weighted by atomic mass is 16.5. The maximum atomic E-state index is 12.6. The SMILES string of the molecule is O=C(CC1NCCCCOCCc2[nH]c3ccccc3c2CNC1=O)NO. The largest absolute Gasteiger partial charge is 0.381 e. The molecule has 8 heteroatoms. The molecule has 2 aromatic rings. The summed E-state index contributed by atoms with van der Waals surface area (Å²) < 4.78 is 5.73. The van der Waals surface area contributed by atoms with E-state index in [2.05, 4.69) is 15.6 Å². The van der Waals surface area contributed by atoms with Crippen LogP contribution in [0.5, 0.6) is 0 Å². The highest BCUT2D eigenvalue weighted by Crippen LogP contribution is 2.23. The van der Waals surface area contributed by atoms with Gasteiger partial charge in [-0.3, -0.25) is 14.8 Å². The minimum atomic E-state index is -0.699. The molecule has 2 amide bonds. The summed E-state index contributed by atoms with van der Waals surface area (Å²) in [5.41, 5.74) is 4.69. The first kappa shape index (κ1) is 19.3. The maximum absolute atomic E-state index is 12.6. The molecule has 1 aliphatic heterocycles. The van der Waals surface area contributed by atoms with Gasteiger partial charge in [-0.05, 0) is 31.0 Å². The number of rotatable bonds is 2. The molecular formula is C19H26N4O4. The third-order valence-corrected chi connectivity index (χ3v) is 4.77. The summed E-state index contributed by atoms with van der Waals surface area (Å²) in [7, 11) is 0. The van der Waals surface area contributed by atoms with E-state index in [9.17, 15) is 9.59 Å². The second-order valence-electron chi connectivity index (χ2n) is 6.66. The van der Waals surface area contributed by atoms with Crippen molar-refractivity contribution in [3.63, 3.8) is 0 Å². The molecule has 0 bridgehead atoms. The third kappa shape index (κ3) is 5.06. The van der Waals surface area contributed by atoms with Crippen molar-refractivity contribution < 1.29 is 19.5 Å². The van der Waals surface area contributed by atoms with Crippen molar-refractivity contribution in [1.29, 1.82) is 0 Å². The fourth-order valence-electron chi connectivity index (χ4n) is 3.34. The van der Waals surface area contributed by atoms with Gasteiger partial charge in [-0.1, -0.05) is 18.2 Å². The van der Waals surface area contributed by atoms with Gasteiger partial charge in [0.15, 0.2) is 0 Å². The molecule has 0 radical (unpaired) electrons. The number of carbonyl (C=O) groups excluding carboxylic acids is 2. The van der Waals surface area contributed by atoms with Crippen molar-refractivity contribution in [2.24, 2.45) is 0 Å². The highest BCUT2D eigenvalue weighted by Gasteiger charge is 2.22. The lowest BCUT2D eigenvalue weighted by Gasteiger charge is -2.18. The van der Waals surface area contributed by atoms with Crippen LogP contribution in [0.4, 0.5) is 0 Å². The number of H-pyrrole nitrogens is 1. The average Bonchev–Trinajstić information content (AvgIpc) is 3.03. The van der Waals surface area contributed by atoms with Crippen LogP contribution in [0.1, 0.15) is 30.5 Å². The van der Waals surface area contributed by atoms with Gasteiger partial charge < -0.3 is 20.4 Å². The van der Waals surface area contributed by atoms with Crippen LogP contribution >= 0.6 is 0 Å². The Bertz CT molecular complexity index is 789. The number of hydroxylamine groups is 1. The van der Waals surface area contributed by atoms with Crippen LogP contribution in [0.15, 0.2) is 24.3 Å². The Morgan fingerprint density at radius 2 is 2.11 bits per heavy atom. The average molecular weight is 374 g/mol. The third-order valence-electron chi connectivity index (χ3n) is 4.77. The number of amides is 2. The summed E-state index contributed by atoms with van der Waals surface area (Å²) >= 11 is 0. The molecule has 2 heterocycles. The molecule has 5 N–H and O–H groups in total. The van der Waals surface area contributed by atoms with Crippen molar-refractivity contribution in [3.05, 3.63) is 35.5 Å². The van der Waals surface area contributed by atoms with Gasteiger partial charge in [0.1, 0.15) is 0 Å². The molecule has 3 rings (SSSR count). The van der Waals surface area contributed by atoms with Gasteiger partial charge in [-0.2, -0.15) is 0 Å². The summed E-state index contributed by atoms with van der Waals surface area (Å²) in [6.07, 6.45) is 2.32. The first-order chi connectivity index (χ1) is 13.2. The number of aromatic nitrogens is 1. The Morgan fingerprint density at radius 1 is 1.26 bits per heavy atom. The molecule has 0 aliphatic carbocycles. The van der Waals surface area contributed by atoms with Crippen LogP contribution in [0.3, 0.4) is 0 Å². The zero-order chi connectivity index (χ0) is 19.1. The number of hydrogen-bond acceptors (Lipinski definition) is 5. The molecule has 1 atom stereocenters. The quantitative estimate of drug-likeness (QED) is 0.397. The lowest BCUT2D eigenvalue weighted by atomic mass is 10.1. The van der Waals surface area contributed by atoms with Crippen molar-refractivity contribution in [2.75, 3.05) is 19.8 Å². The topological polar surface area (TPSA) is 115 Å². The van der Waals surface area contributed by atoms with E-state index in [1.54, 1.807) is 5.48 Å². The van der Waals surface area contributed by atoms with Gasteiger partial charge in [0.2, 0.25) is 11.8 Å². The van der Waals surface area contributed by atoms with Crippen LogP contribution in [-0.2, 0) is 27.3 Å². The van der Waals surface area contributed by atoms with E-state index in [-0.39, 0.29) is 12.3 Å². The Labute approximate surface area is 157 Å². The number of hydrogen-bond donors (Lipinski definition) is 5.